The molecule has 2 aromatic heterocycles. The molecular formula is C33H32FN3O5. The van der Waals surface area contributed by atoms with Crippen LogP contribution < -0.4 is 0 Å². The number of ether oxygens (including phenoxy) is 2. The van der Waals surface area contributed by atoms with Crippen molar-refractivity contribution in [3.05, 3.63) is 89.4 Å². The van der Waals surface area contributed by atoms with Gasteiger partial charge in [-0.2, -0.15) is 5.10 Å². The lowest BCUT2D eigenvalue weighted by Crippen LogP contribution is -2.29. The van der Waals surface area contributed by atoms with E-state index in [1.54, 1.807) is 30.5 Å². The van der Waals surface area contributed by atoms with Gasteiger partial charge in [0.2, 0.25) is 0 Å². The lowest BCUT2D eigenvalue weighted by atomic mass is 9.98. The summed E-state index contributed by atoms with van der Waals surface area (Å²) >= 11 is 0. The Morgan fingerprint density at radius 2 is 1.67 bits per heavy atom. The third kappa shape index (κ3) is 5.56. The molecule has 5 aromatic rings. The number of phenols is 2. The zero-order valence-electron chi connectivity index (χ0n) is 24.3. The summed E-state index contributed by atoms with van der Waals surface area (Å²) in [5.41, 5.74) is 5.10. The van der Waals surface area contributed by atoms with Gasteiger partial charge in [0.1, 0.15) is 17.3 Å². The molecule has 8 nitrogen and oxygen atoms in total. The molecule has 0 unspecified atom stereocenters. The van der Waals surface area contributed by atoms with Gasteiger partial charge in [0.05, 0.1) is 24.1 Å². The van der Waals surface area contributed by atoms with Crippen LogP contribution in [0.25, 0.3) is 39.3 Å². The van der Waals surface area contributed by atoms with E-state index in [9.17, 15) is 19.4 Å². The Bertz CT molecular complexity index is 1820. The second-order valence-corrected chi connectivity index (χ2v) is 11.1. The molecule has 0 aliphatic rings. The van der Waals surface area contributed by atoms with Gasteiger partial charge in [-0.15, -0.1) is 0 Å². The molecule has 5 rings (SSSR count). The Kier molecular flexibility index (Phi) is 7.47. The van der Waals surface area contributed by atoms with E-state index in [0.717, 1.165) is 11.6 Å². The molecule has 1 atom stereocenters. The van der Waals surface area contributed by atoms with Crippen LogP contribution in [0.4, 0.5) is 4.39 Å². The van der Waals surface area contributed by atoms with Crippen LogP contribution in [0.5, 0.6) is 11.5 Å². The standard InChI is InChI=1S/C33H32FN3O5/c1-18-10-11-22(15-26(18)38)30-29(31(32(40)41-6)42-33(3,4)5)19(2)35-28-17-25(36-37(28)30)21-9-7-8-20(14-21)24-13-12-23(34)16-27(24)39/h7-17,31,38-39H,1-6H3/t31-/m0/s1. The van der Waals surface area contributed by atoms with E-state index in [0.29, 0.717) is 50.5 Å². The highest BCUT2D eigenvalue weighted by Gasteiger charge is 2.34. The Morgan fingerprint density at radius 3 is 2.33 bits per heavy atom. The number of nitrogens with zero attached hydrogens (tertiary/aromatic N) is 3. The summed E-state index contributed by atoms with van der Waals surface area (Å²) in [6, 6.07) is 18.3. The molecule has 0 saturated carbocycles. The number of hydrogen-bond donors (Lipinski definition) is 2. The van der Waals surface area contributed by atoms with Crippen LogP contribution in [0.15, 0.2) is 66.7 Å². The smallest absolute Gasteiger partial charge is 0.339 e. The van der Waals surface area contributed by atoms with Crippen molar-refractivity contribution in [3.8, 4) is 45.1 Å². The Labute approximate surface area is 243 Å². The summed E-state index contributed by atoms with van der Waals surface area (Å²) in [5, 5.41) is 25.9. The summed E-state index contributed by atoms with van der Waals surface area (Å²) in [6.45, 7) is 9.13. The molecule has 0 amide bonds. The molecule has 216 valence electrons. The Hall–Kier alpha value is -4.76. The van der Waals surface area contributed by atoms with Gasteiger partial charge in [-0.05, 0) is 70.0 Å². The van der Waals surface area contributed by atoms with Crippen molar-refractivity contribution < 1.29 is 28.9 Å². The number of benzene rings is 3. The summed E-state index contributed by atoms with van der Waals surface area (Å²) in [7, 11) is 1.30. The minimum absolute atomic E-state index is 0.0895. The van der Waals surface area contributed by atoms with Gasteiger partial charge >= 0.3 is 5.97 Å². The molecule has 3 aromatic carbocycles. The number of methoxy groups -OCH3 is 1. The van der Waals surface area contributed by atoms with Crippen molar-refractivity contribution in [2.45, 2.75) is 46.3 Å². The quantitative estimate of drug-likeness (QED) is 0.214. The third-order valence-corrected chi connectivity index (χ3v) is 6.89. The first-order valence-electron chi connectivity index (χ1n) is 13.4. The first kappa shape index (κ1) is 28.8. The average molecular weight is 570 g/mol. The zero-order valence-corrected chi connectivity index (χ0v) is 24.3. The highest BCUT2D eigenvalue weighted by Crippen LogP contribution is 2.38. The maximum absolute atomic E-state index is 13.6. The summed E-state index contributed by atoms with van der Waals surface area (Å²) < 4.78 is 26.6. The molecule has 0 radical (unpaired) electrons. The summed E-state index contributed by atoms with van der Waals surface area (Å²) in [5.74, 6) is -1.20. The molecule has 0 saturated heterocycles. The van der Waals surface area contributed by atoms with Gasteiger partial charge in [0, 0.05) is 40.1 Å². The van der Waals surface area contributed by atoms with Gasteiger partial charge < -0.3 is 19.7 Å². The van der Waals surface area contributed by atoms with Crippen LogP contribution in [0.3, 0.4) is 0 Å². The normalized spacial score (nSPS) is 12.5. The first-order valence-corrected chi connectivity index (χ1v) is 13.4. The number of rotatable bonds is 6. The second-order valence-electron chi connectivity index (χ2n) is 11.1. The summed E-state index contributed by atoms with van der Waals surface area (Å²) in [6.07, 6.45) is -1.12. The largest absolute Gasteiger partial charge is 0.508 e. The number of esters is 1. The SMILES string of the molecule is COC(=O)[C@@H](OC(C)(C)C)c1c(C)nc2cc(-c3cccc(-c4ccc(F)cc4O)c3)nn2c1-c1ccc(C)c(O)c1. The predicted octanol–water partition coefficient (Wildman–Crippen LogP) is 6.93. The van der Waals surface area contributed by atoms with E-state index in [-0.39, 0.29) is 11.5 Å². The van der Waals surface area contributed by atoms with E-state index >= 15 is 0 Å². The molecule has 0 spiro atoms. The number of aromatic nitrogens is 3. The minimum atomic E-state index is -1.12. The topological polar surface area (TPSA) is 106 Å². The lowest BCUT2D eigenvalue weighted by molar-refractivity contribution is -0.164. The van der Waals surface area contributed by atoms with E-state index < -0.39 is 23.5 Å². The Morgan fingerprint density at radius 1 is 0.929 bits per heavy atom. The Balaban J connectivity index is 1.76. The number of phenolic OH excluding ortho intramolecular Hbond substituents is 2. The van der Waals surface area contributed by atoms with Crippen molar-refractivity contribution in [2.24, 2.45) is 0 Å². The molecule has 0 fully saturated rings. The fourth-order valence-corrected chi connectivity index (χ4v) is 4.90. The molecule has 0 bridgehead atoms. The van der Waals surface area contributed by atoms with Gasteiger partial charge in [-0.3, -0.25) is 0 Å². The molecule has 42 heavy (non-hydrogen) atoms. The number of fused-ring (bicyclic) bond motifs is 1. The lowest BCUT2D eigenvalue weighted by Gasteiger charge is -2.28. The van der Waals surface area contributed by atoms with Crippen LogP contribution in [0, 0.1) is 19.7 Å². The van der Waals surface area contributed by atoms with Gasteiger partial charge in [0.25, 0.3) is 0 Å². The molecule has 2 heterocycles. The van der Waals surface area contributed by atoms with E-state index in [1.807, 2.05) is 57.2 Å². The number of hydrogen-bond acceptors (Lipinski definition) is 7. The molecular weight excluding hydrogens is 537 g/mol. The minimum Gasteiger partial charge on any atom is -0.508 e. The number of aryl methyl sites for hydroxylation is 2. The van der Waals surface area contributed by atoms with Gasteiger partial charge in [-0.25, -0.2) is 18.7 Å². The number of carbonyl (C=O) groups is 1. The number of aromatic hydroxyl groups is 2. The van der Waals surface area contributed by atoms with Crippen LogP contribution in [0.1, 0.15) is 43.7 Å². The molecule has 9 heteroatoms. The highest BCUT2D eigenvalue weighted by atomic mass is 19.1. The maximum Gasteiger partial charge on any atom is 0.339 e. The second kappa shape index (κ2) is 10.9. The molecule has 2 N–H and O–H groups in total. The fourth-order valence-electron chi connectivity index (χ4n) is 4.90. The van der Waals surface area contributed by atoms with Crippen molar-refractivity contribution in [2.75, 3.05) is 7.11 Å². The predicted molar refractivity (Wildman–Crippen MR) is 158 cm³/mol. The molecule has 0 aliphatic carbocycles. The van der Waals surface area contributed by atoms with E-state index in [1.165, 1.54) is 19.2 Å². The van der Waals surface area contributed by atoms with Crippen LogP contribution in [0.2, 0.25) is 0 Å². The van der Waals surface area contributed by atoms with E-state index in [4.69, 9.17) is 19.6 Å². The van der Waals surface area contributed by atoms with Crippen molar-refractivity contribution in [1.29, 1.82) is 0 Å². The van der Waals surface area contributed by atoms with Gasteiger partial charge in [-0.1, -0.05) is 30.3 Å². The average Bonchev–Trinajstić information content (AvgIpc) is 3.35. The monoisotopic (exact) mass is 569 g/mol. The number of carbonyl (C=O) groups excluding carboxylic acids is 1. The van der Waals surface area contributed by atoms with Crippen LogP contribution in [-0.2, 0) is 14.3 Å². The summed E-state index contributed by atoms with van der Waals surface area (Å²) in [4.78, 5) is 17.9. The van der Waals surface area contributed by atoms with E-state index in [2.05, 4.69) is 0 Å². The van der Waals surface area contributed by atoms with Gasteiger partial charge in [0.15, 0.2) is 11.8 Å². The third-order valence-electron chi connectivity index (χ3n) is 6.89. The van der Waals surface area contributed by atoms with Crippen molar-refractivity contribution in [3.63, 3.8) is 0 Å². The maximum atomic E-state index is 13.6. The van der Waals surface area contributed by atoms with Crippen molar-refractivity contribution in [1.82, 2.24) is 14.6 Å². The van der Waals surface area contributed by atoms with Crippen LogP contribution in [-0.4, -0.2) is 43.5 Å². The molecule has 0 aliphatic heterocycles. The first-order chi connectivity index (χ1) is 19.9. The fraction of sp³-hybridized carbons (Fsp3) is 0.242. The zero-order chi connectivity index (χ0) is 30.3. The van der Waals surface area contributed by atoms with Crippen molar-refractivity contribution >= 4 is 11.6 Å². The van der Waals surface area contributed by atoms with Crippen LogP contribution >= 0.6 is 0 Å². The highest BCUT2D eigenvalue weighted by molar-refractivity contribution is 5.83. The number of halogens is 1.